The van der Waals surface area contributed by atoms with E-state index in [2.05, 4.69) is 25.9 Å². The van der Waals surface area contributed by atoms with Crippen LogP contribution in [0.25, 0.3) is 21.8 Å². The third-order valence-corrected chi connectivity index (χ3v) is 7.02. The number of aliphatic carboxylic acids is 1. The van der Waals surface area contributed by atoms with Crippen LogP contribution in [-0.4, -0.2) is 74.1 Å². The number of amides is 3. The number of hydrogen-bond donors (Lipinski definition) is 8. The number of nitrogens with one attached hydrogen (secondary N) is 5. The number of nitrogens with two attached hydrogens (primary N) is 1. The third kappa shape index (κ3) is 6.91. The zero-order chi connectivity index (χ0) is 29.7. The molecule has 0 radical (unpaired) electrons. The smallest absolute Gasteiger partial charge is 0.326 e. The van der Waals surface area contributed by atoms with Crippen molar-refractivity contribution in [3.63, 3.8) is 0 Å². The maximum Gasteiger partial charge on any atom is 0.326 e. The van der Waals surface area contributed by atoms with Gasteiger partial charge in [0.2, 0.25) is 17.7 Å². The van der Waals surface area contributed by atoms with Crippen molar-refractivity contribution in [3.8, 4) is 0 Å². The second-order valence-electron chi connectivity index (χ2n) is 10.1. The number of H-pyrrole nitrogens is 2. The Morgan fingerprint density at radius 2 is 1.24 bits per heavy atom. The minimum atomic E-state index is -1.27. The summed E-state index contributed by atoms with van der Waals surface area (Å²) in [6, 6.07) is 10.1. The summed E-state index contributed by atoms with van der Waals surface area (Å²) in [6.45, 7) is 2.78. The van der Waals surface area contributed by atoms with Crippen LogP contribution in [0.3, 0.4) is 0 Å². The molecule has 0 aliphatic rings. The number of carboxylic acids is 1. The molecule has 0 saturated heterocycles. The lowest BCUT2D eigenvalue weighted by molar-refractivity contribution is -0.142. The zero-order valence-corrected chi connectivity index (χ0v) is 22.7. The van der Waals surface area contributed by atoms with Gasteiger partial charge < -0.3 is 41.9 Å². The number of aliphatic hydroxyl groups excluding tert-OH is 1. The van der Waals surface area contributed by atoms with Crippen molar-refractivity contribution in [1.82, 2.24) is 25.9 Å². The summed E-state index contributed by atoms with van der Waals surface area (Å²) in [4.78, 5) is 57.1. The molecule has 5 unspecified atom stereocenters. The second kappa shape index (κ2) is 12.7. The van der Waals surface area contributed by atoms with Crippen molar-refractivity contribution < 1.29 is 29.4 Å². The van der Waals surface area contributed by atoms with Gasteiger partial charge in [0.15, 0.2) is 0 Å². The molecule has 9 N–H and O–H groups in total. The number of carbonyl (C=O) groups is 4. The molecule has 2 aromatic heterocycles. The van der Waals surface area contributed by atoms with E-state index < -0.39 is 54.0 Å². The lowest BCUT2D eigenvalue weighted by Gasteiger charge is -2.24. The average Bonchev–Trinajstić information content (AvgIpc) is 3.55. The van der Waals surface area contributed by atoms with Gasteiger partial charge in [0, 0.05) is 47.0 Å². The Bertz CT molecular complexity index is 1560. The Kier molecular flexibility index (Phi) is 9.05. The summed E-state index contributed by atoms with van der Waals surface area (Å²) in [5.41, 5.74) is 8.93. The molecule has 12 nitrogen and oxygen atoms in total. The number of rotatable bonds is 12. The summed E-state index contributed by atoms with van der Waals surface area (Å²) in [5.74, 6) is -3.34. The molecule has 5 atom stereocenters. The highest BCUT2D eigenvalue weighted by Gasteiger charge is 2.30. The first-order valence-electron chi connectivity index (χ1n) is 13.2. The van der Waals surface area contributed by atoms with Gasteiger partial charge in [0.25, 0.3) is 0 Å². The molecule has 216 valence electrons. The van der Waals surface area contributed by atoms with Crippen molar-refractivity contribution in [2.24, 2.45) is 5.73 Å². The summed E-state index contributed by atoms with van der Waals surface area (Å²) in [6.07, 6.45) is 2.38. The molecular formula is C29H34N6O6. The van der Waals surface area contributed by atoms with E-state index in [-0.39, 0.29) is 12.8 Å². The highest BCUT2D eigenvalue weighted by molar-refractivity contribution is 5.95. The van der Waals surface area contributed by atoms with Crippen molar-refractivity contribution in [2.75, 3.05) is 0 Å². The van der Waals surface area contributed by atoms with E-state index in [9.17, 15) is 29.4 Å². The Labute approximate surface area is 235 Å². The number of aromatic amines is 2. The number of aliphatic hydroxyl groups is 1. The van der Waals surface area contributed by atoms with Gasteiger partial charge in [0.1, 0.15) is 24.2 Å². The topological polar surface area (TPSA) is 202 Å². The Morgan fingerprint density at radius 1 is 0.756 bits per heavy atom. The van der Waals surface area contributed by atoms with Gasteiger partial charge in [-0.3, -0.25) is 14.4 Å². The average molecular weight is 563 g/mol. The fraction of sp³-hybridized carbons (Fsp3) is 0.310. The van der Waals surface area contributed by atoms with Crippen LogP contribution in [0.1, 0.15) is 25.0 Å². The first-order valence-corrected chi connectivity index (χ1v) is 13.2. The second-order valence-corrected chi connectivity index (χ2v) is 10.1. The number of benzene rings is 2. The minimum absolute atomic E-state index is 0.0300. The molecule has 41 heavy (non-hydrogen) atoms. The fourth-order valence-electron chi connectivity index (χ4n) is 4.61. The van der Waals surface area contributed by atoms with Crippen LogP contribution in [0.4, 0.5) is 0 Å². The number of carboxylic acid groups (broad SMARTS) is 1. The molecule has 12 heteroatoms. The summed E-state index contributed by atoms with van der Waals surface area (Å²) < 4.78 is 0. The van der Waals surface area contributed by atoms with E-state index in [4.69, 9.17) is 5.73 Å². The molecule has 4 aromatic rings. The molecule has 2 aromatic carbocycles. The molecule has 0 saturated carbocycles. The normalized spacial score (nSPS) is 15.0. The van der Waals surface area contributed by atoms with E-state index >= 15 is 0 Å². The van der Waals surface area contributed by atoms with E-state index in [0.29, 0.717) is 0 Å². The highest BCUT2D eigenvalue weighted by Crippen LogP contribution is 2.20. The first kappa shape index (κ1) is 29.3. The van der Waals surface area contributed by atoms with Crippen LogP contribution >= 0.6 is 0 Å². The van der Waals surface area contributed by atoms with Crippen LogP contribution in [0.15, 0.2) is 60.9 Å². The monoisotopic (exact) mass is 562 g/mol. The molecule has 0 fully saturated rings. The van der Waals surface area contributed by atoms with Gasteiger partial charge in [-0.15, -0.1) is 0 Å². The first-order chi connectivity index (χ1) is 19.5. The van der Waals surface area contributed by atoms with Crippen molar-refractivity contribution >= 4 is 45.5 Å². The van der Waals surface area contributed by atoms with E-state index in [0.717, 1.165) is 32.9 Å². The summed E-state index contributed by atoms with van der Waals surface area (Å²) in [7, 11) is 0. The largest absolute Gasteiger partial charge is 0.480 e. The molecule has 0 aliphatic heterocycles. The third-order valence-electron chi connectivity index (χ3n) is 7.02. The lowest BCUT2D eigenvalue weighted by Crippen LogP contribution is -2.58. The SMILES string of the molecule is CC(NC(=O)C(Cc1c[nH]c2ccccc12)NC(=O)C(N)C(C)O)C(=O)NC(Cc1c[nH]c2ccccc12)C(=O)O. The number of para-hydroxylation sites is 2. The van der Waals surface area contributed by atoms with Gasteiger partial charge in [0.05, 0.1) is 6.10 Å². The minimum Gasteiger partial charge on any atom is -0.480 e. The summed E-state index contributed by atoms with van der Waals surface area (Å²) >= 11 is 0. The van der Waals surface area contributed by atoms with E-state index in [1.54, 1.807) is 12.4 Å². The number of fused-ring (bicyclic) bond motifs is 2. The van der Waals surface area contributed by atoms with Gasteiger partial charge in [-0.25, -0.2) is 4.79 Å². The predicted octanol–water partition coefficient (Wildman–Crippen LogP) is 0.701. The van der Waals surface area contributed by atoms with Crippen LogP contribution in [0.2, 0.25) is 0 Å². The van der Waals surface area contributed by atoms with Crippen LogP contribution in [-0.2, 0) is 32.0 Å². The van der Waals surface area contributed by atoms with Crippen LogP contribution < -0.4 is 21.7 Å². The Morgan fingerprint density at radius 3 is 1.76 bits per heavy atom. The van der Waals surface area contributed by atoms with Crippen molar-refractivity contribution in [1.29, 1.82) is 0 Å². The maximum absolute atomic E-state index is 13.3. The Hall–Kier alpha value is -4.68. The summed E-state index contributed by atoms with van der Waals surface area (Å²) in [5, 5.41) is 28.9. The van der Waals surface area contributed by atoms with Gasteiger partial charge in [-0.2, -0.15) is 0 Å². The van der Waals surface area contributed by atoms with Crippen molar-refractivity contribution in [3.05, 3.63) is 72.1 Å². The highest BCUT2D eigenvalue weighted by atomic mass is 16.4. The maximum atomic E-state index is 13.3. The zero-order valence-electron chi connectivity index (χ0n) is 22.7. The molecule has 2 heterocycles. The molecular weight excluding hydrogens is 528 g/mol. The molecule has 4 rings (SSSR count). The van der Waals surface area contributed by atoms with Crippen LogP contribution in [0, 0.1) is 0 Å². The number of aromatic nitrogens is 2. The van der Waals surface area contributed by atoms with Crippen LogP contribution in [0.5, 0.6) is 0 Å². The van der Waals surface area contributed by atoms with Crippen molar-refractivity contribution in [2.45, 2.75) is 57.0 Å². The quantitative estimate of drug-likeness (QED) is 0.124. The predicted molar refractivity (Wildman–Crippen MR) is 153 cm³/mol. The van der Waals surface area contributed by atoms with Gasteiger partial charge in [-0.05, 0) is 37.1 Å². The fourth-order valence-corrected chi connectivity index (χ4v) is 4.61. The standard InChI is InChI=1S/C29H34N6O6/c1-15(26(37)35-24(29(40)41)12-18-14-32-22-10-6-4-8-20(18)22)33-27(38)23(34-28(39)25(30)16(2)36)11-17-13-31-21-9-5-3-7-19(17)21/h3-10,13-16,23-25,31-32,36H,11-12,30H2,1-2H3,(H,33,38)(H,34,39)(H,35,37)(H,40,41). The molecule has 0 aliphatic carbocycles. The molecule has 0 bridgehead atoms. The van der Waals surface area contributed by atoms with Gasteiger partial charge in [-0.1, -0.05) is 36.4 Å². The number of carbonyl (C=O) groups excluding carboxylic acids is 3. The molecule has 3 amide bonds. The number of hydrogen-bond acceptors (Lipinski definition) is 6. The van der Waals surface area contributed by atoms with E-state index in [1.165, 1.54) is 13.8 Å². The molecule has 0 spiro atoms. The van der Waals surface area contributed by atoms with Gasteiger partial charge >= 0.3 is 5.97 Å². The van der Waals surface area contributed by atoms with E-state index in [1.807, 2.05) is 48.5 Å². The lowest BCUT2D eigenvalue weighted by atomic mass is 10.0. The Balaban J connectivity index is 1.46.